The van der Waals surface area contributed by atoms with Gasteiger partial charge in [0.1, 0.15) is 6.04 Å². The minimum atomic E-state index is -0.935. The fourth-order valence-corrected chi connectivity index (χ4v) is 1.46. The molecule has 0 aliphatic rings. The number of hydrogen-bond acceptors (Lipinski definition) is 3. The molecule has 0 fully saturated rings. The third-order valence-corrected chi connectivity index (χ3v) is 2.48. The summed E-state index contributed by atoms with van der Waals surface area (Å²) in [5.41, 5.74) is 6.53. The van der Waals surface area contributed by atoms with Crippen molar-refractivity contribution >= 4 is 5.97 Å². The van der Waals surface area contributed by atoms with E-state index in [1.165, 1.54) is 0 Å². The Morgan fingerprint density at radius 1 is 1.29 bits per heavy atom. The van der Waals surface area contributed by atoms with Gasteiger partial charge in [-0.25, -0.2) is 0 Å². The molecule has 1 aromatic rings. The molecular formula is C13H19NO3. The van der Waals surface area contributed by atoms with Gasteiger partial charge < -0.3 is 15.6 Å². The van der Waals surface area contributed by atoms with Gasteiger partial charge in [0.15, 0.2) is 0 Å². The molecule has 0 radical (unpaired) electrons. The Bertz CT molecular complexity index is 327. The minimum Gasteiger partial charge on any atom is -0.480 e. The quantitative estimate of drug-likeness (QED) is 0.676. The molecule has 0 unspecified atom stereocenters. The van der Waals surface area contributed by atoms with E-state index in [2.05, 4.69) is 0 Å². The molecular weight excluding hydrogens is 218 g/mol. The highest BCUT2D eigenvalue weighted by molar-refractivity contribution is 5.72. The van der Waals surface area contributed by atoms with Gasteiger partial charge in [-0.15, -0.1) is 0 Å². The third-order valence-electron chi connectivity index (χ3n) is 2.48. The minimum absolute atomic E-state index is 0.504. The van der Waals surface area contributed by atoms with Crippen LogP contribution in [0.1, 0.15) is 24.8 Å². The number of rotatable bonds is 8. The molecule has 0 heterocycles. The van der Waals surface area contributed by atoms with E-state index < -0.39 is 12.0 Å². The first-order valence-corrected chi connectivity index (χ1v) is 5.80. The molecule has 94 valence electrons. The lowest BCUT2D eigenvalue weighted by molar-refractivity contribution is -0.138. The molecule has 3 N–H and O–H groups in total. The third kappa shape index (κ3) is 6.04. The molecule has 0 saturated carbocycles. The van der Waals surface area contributed by atoms with E-state index in [0.29, 0.717) is 19.6 Å². The van der Waals surface area contributed by atoms with Crippen molar-refractivity contribution in [1.29, 1.82) is 0 Å². The van der Waals surface area contributed by atoms with Gasteiger partial charge in [0, 0.05) is 6.61 Å². The van der Waals surface area contributed by atoms with Crippen molar-refractivity contribution in [3.05, 3.63) is 35.9 Å². The van der Waals surface area contributed by atoms with Gasteiger partial charge in [-0.2, -0.15) is 0 Å². The lowest BCUT2D eigenvalue weighted by Crippen LogP contribution is -2.29. The predicted molar refractivity (Wildman–Crippen MR) is 65.6 cm³/mol. The molecule has 0 amide bonds. The van der Waals surface area contributed by atoms with Crippen LogP contribution in [-0.2, 0) is 16.1 Å². The molecule has 17 heavy (non-hydrogen) atoms. The molecule has 0 aliphatic heterocycles. The summed E-state index contributed by atoms with van der Waals surface area (Å²) in [6, 6.07) is 9.20. The van der Waals surface area contributed by atoms with E-state index in [4.69, 9.17) is 15.6 Å². The van der Waals surface area contributed by atoms with Gasteiger partial charge in [0.05, 0.1) is 6.61 Å². The summed E-state index contributed by atoms with van der Waals surface area (Å²) in [7, 11) is 0. The number of aliphatic carboxylic acids is 1. The Balaban J connectivity index is 2.00. The van der Waals surface area contributed by atoms with Crippen LogP contribution in [0.5, 0.6) is 0 Å². The lowest BCUT2D eigenvalue weighted by Gasteiger charge is -2.06. The molecule has 0 bridgehead atoms. The van der Waals surface area contributed by atoms with Gasteiger partial charge in [0.25, 0.3) is 0 Å². The summed E-state index contributed by atoms with van der Waals surface area (Å²) < 4.78 is 5.47. The second-order valence-corrected chi connectivity index (χ2v) is 3.98. The van der Waals surface area contributed by atoms with E-state index in [-0.39, 0.29) is 0 Å². The van der Waals surface area contributed by atoms with Crippen LogP contribution in [0, 0.1) is 0 Å². The zero-order valence-electron chi connectivity index (χ0n) is 9.84. The number of ether oxygens (including phenoxy) is 1. The number of hydrogen-bond donors (Lipinski definition) is 2. The van der Waals surface area contributed by atoms with Crippen LogP contribution in [0.4, 0.5) is 0 Å². The number of unbranched alkanes of at least 4 members (excludes halogenated alkanes) is 1. The molecule has 0 saturated heterocycles. The second-order valence-electron chi connectivity index (χ2n) is 3.98. The van der Waals surface area contributed by atoms with Crippen molar-refractivity contribution in [2.45, 2.75) is 31.9 Å². The maximum atomic E-state index is 10.4. The summed E-state index contributed by atoms with van der Waals surface area (Å²) in [4.78, 5) is 10.4. The SMILES string of the molecule is N[C@@H](CCCCOCc1ccccc1)C(=O)O. The van der Waals surface area contributed by atoms with Crippen LogP contribution >= 0.6 is 0 Å². The van der Waals surface area contributed by atoms with E-state index in [1.54, 1.807) is 0 Å². The van der Waals surface area contributed by atoms with Gasteiger partial charge in [-0.3, -0.25) is 4.79 Å². The topological polar surface area (TPSA) is 72.5 Å². The summed E-state index contributed by atoms with van der Waals surface area (Å²) in [6.07, 6.45) is 2.13. The molecule has 1 atom stereocenters. The van der Waals surface area contributed by atoms with E-state index in [0.717, 1.165) is 18.4 Å². The number of carbonyl (C=O) groups is 1. The van der Waals surface area contributed by atoms with Crippen molar-refractivity contribution in [3.8, 4) is 0 Å². The molecule has 1 rings (SSSR count). The zero-order chi connectivity index (χ0) is 12.5. The highest BCUT2D eigenvalue weighted by atomic mass is 16.5. The van der Waals surface area contributed by atoms with Gasteiger partial charge >= 0.3 is 5.97 Å². The number of nitrogens with two attached hydrogens (primary N) is 1. The monoisotopic (exact) mass is 237 g/mol. The Kier molecular flexibility index (Phi) is 6.29. The fourth-order valence-electron chi connectivity index (χ4n) is 1.46. The largest absolute Gasteiger partial charge is 0.480 e. The van der Waals surface area contributed by atoms with E-state index in [1.807, 2.05) is 30.3 Å². The average Bonchev–Trinajstić information content (AvgIpc) is 2.34. The van der Waals surface area contributed by atoms with Crippen LogP contribution in [0.3, 0.4) is 0 Å². The molecule has 0 spiro atoms. The van der Waals surface area contributed by atoms with Crippen LogP contribution in [0.2, 0.25) is 0 Å². The number of benzene rings is 1. The first-order chi connectivity index (χ1) is 8.20. The number of carboxylic acids is 1. The summed E-state index contributed by atoms with van der Waals surface area (Å²) in [5.74, 6) is -0.935. The molecule has 0 aromatic heterocycles. The normalized spacial score (nSPS) is 12.3. The molecule has 1 aromatic carbocycles. The van der Waals surface area contributed by atoms with Crippen LogP contribution in [-0.4, -0.2) is 23.7 Å². The van der Waals surface area contributed by atoms with Gasteiger partial charge in [-0.1, -0.05) is 30.3 Å². The standard InChI is InChI=1S/C13H19NO3/c14-12(13(15)16)8-4-5-9-17-10-11-6-2-1-3-7-11/h1-3,6-7,12H,4-5,8-10,14H2,(H,15,16)/t12-/m0/s1. The first-order valence-electron chi connectivity index (χ1n) is 5.80. The zero-order valence-corrected chi connectivity index (χ0v) is 9.84. The summed E-state index contributed by atoms with van der Waals surface area (Å²) in [6.45, 7) is 1.24. The van der Waals surface area contributed by atoms with Crippen LogP contribution < -0.4 is 5.73 Å². The summed E-state index contributed by atoms with van der Waals surface area (Å²) >= 11 is 0. The van der Waals surface area contributed by atoms with E-state index in [9.17, 15) is 4.79 Å². The molecule has 4 heteroatoms. The maximum absolute atomic E-state index is 10.4. The summed E-state index contributed by atoms with van der Waals surface area (Å²) in [5, 5.41) is 8.58. The lowest BCUT2D eigenvalue weighted by atomic mass is 10.1. The van der Waals surface area contributed by atoms with E-state index >= 15 is 0 Å². The Morgan fingerprint density at radius 3 is 2.65 bits per heavy atom. The maximum Gasteiger partial charge on any atom is 0.320 e. The van der Waals surface area contributed by atoms with Gasteiger partial charge in [-0.05, 0) is 24.8 Å². The van der Waals surface area contributed by atoms with Crippen molar-refractivity contribution in [1.82, 2.24) is 0 Å². The predicted octanol–water partition coefficient (Wildman–Crippen LogP) is 1.79. The Morgan fingerprint density at radius 2 is 2.00 bits per heavy atom. The highest BCUT2D eigenvalue weighted by Crippen LogP contribution is 2.03. The van der Waals surface area contributed by atoms with Gasteiger partial charge in [0.2, 0.25) is 0 Å². The second kappa shape index (κ2) is 7.81. The Hall–Kier alpha value is -1.39. The van der Waals surface area contributed by atoms with Crippen molar-refractivity contribution in [3.63, 3.8) is 0 Å². The smallest absolute Gasteiger partial charge is 0.320 e. The van der Waals surface area contributed by atoms with Crippen molar-refractivity contribution < 1.29 is 14.6 Å². The highest BCUT2D eigenvalue weighted by Gasteiger charge is 2.09. The average molecular weight is 237 g/mol. The molecule has 0 aliphatic carbocycles. The Labute approximate surface area is 101 Å². The molecule has 4 nitrogen and oxygen atoms in total. The van der Waals surface area contributed by atoms with Crippen LogP contribution in [0.15, 0.2) is 30.3 Å². The van der Waals surface area contributed by atoms with Crippen molar-refractivity contribution in [2.75, 3.05) is 6.61 Å². The first kappa shape index (κ1) is 13.7. The van der Waals surface area contributed by atoms with Crippen molar-refractivity contribution in [2.24, 2.45) is 5.73 Å². The fraction of sp³-hybridized carbons (Fsp3) is 0.462. The van der Waals surface area contributed by atoms with Crippen LogP contribution in [0.25, 0.3) is 0 Å². The number of carboxylic acid groups (broad SMARTS) is 1.